The van der Waals surface area contributed by atoms with Gasteiger partial charge in [-0.25, -0.2) is 8.42 Å². The van der Waals surface area contributed by atoms with Gasteiger partial charge in [0.15, 0.2) is 9.84 Å². The highest BCUT2D eigenvalue weighted by Gasteiger charge is 2.10. The van der Waals surface area contributed by atoms with E-state index in [0.29, 0.717) is 12.6 Å². The third-order valence-electron chi connectivity index (χ3n) is 3.03. The number of aryl methyl sites for hydroxylation is 1. The van der Waals surface area contributed by atoms with Gasteiger partial charge in [-0.05, 0) is 25.1 Å². The Kier molecular flexibility index (Phi) is 5.21. The van der Waals surface area contributed by atoms with Crippen molar-refractivity contribution in [2.75, 3.05) is 18.6 Å². The maximum atomic E-state index is 11.4. The molecule has 1 N–H and O–H groups in total. The van der Waals surface area contributed by atoms with E-state index >= 15 is 0 Å². The van der Waals surface area contributed by atoms with Gasteiger partial charge in [-0.15, -0.1) is 0 Å². The minimum absolute atomic E-state index is 0.216. The maximum absolute atomic E-state index is 11.4. The number of rotatable bonds is 7. The molecule has 0 aliphatic rings. The lowest BCUT2D eigenvalue weighted by Gasteiger charge is -2.11. The monoisotopic (exact) mass is 258 g/mol. The fraction of sp³-hybridized carbons (Fsp3) is 0.667. The Bertz CT molecular complexity index is 433. The van der Waals surface area contributed by atoms with Crippen LogP contribution in [-0.4, -0.2) is 31.5 Å². The molecule has 0 fully saturated rings. The van der Waals surface area contributed by atoms with E-state index in [1.165, 1.54) is 5.56 Å². The molecule has 1 heterocycles. The van der Waals surface area contributed by atoms with Crippen LogP contribution in [0.25, 0.3) is 0 Å². The lowest BCUT2D eigenvalue weighted by atomic mass is 10.1. The van der Waals surface area contributed by atoms with Gasteiger partial charge in [-0.1, -0.05) is 13.8 Å². The highest BCUT2D eigenvalue weighted by atomic mass is 32.2. The molecule has 0 radical (unpaired) electrons. The summed E-state index contributed by atoms with van der Waals surface area (Å²) in [5.74, 6) is 0.434. The van der Waals surface area contributed by atoms with Crippen molar-refractivity contribution in [1.29, 1.82) is 0 Å². The molecule has 0 aromatic carbocycles. The number of aromatic nitrogens is 1. The molecule has 0 saturated carbocycles. The van der Waals surface area contributed by atoms with Gasteiger partial charge in [0, 0.05) is 30.7 Å². The zero-order chi connectivity index (χ0) is 12.9. The minimum Gasteiger partial charge on any atom is -0.353 e. The zero-order valence-corrected chi connectivity index (χ0v) is 11.6. The average Bonchev–Trinajstić information content (AvgIpc) is 2.77. The van der Waals surface area contributed by atoms with Crippen molar-refractivity contribution in [2.45, 2.75) is 32.9 Å². The van der Waals surface area contributed by atoms with E-state index in [1.807, 2.05) is 30.1 Å². The van der Waals surface area contributed by atoms with Gasteiger partial charge >= 0.3 is 0 Å². The minimum atomic E-state index is -2.88. The molecule has 4 nitrogen and oxygen atoms in total. The molecule has 0 amide bonds. The highest BCUT2D eigenvalue weighted by molar-refractivity contribution is 7.91. The Morgan fingerprint density at radius 3 is 2.65 bits per heavy atom. The largest absolute Gasteiger partial charge is 0.353 e. The molecule has 1 rings (SSSR count). The molecular weight excluding hydrogens is 236 g/mol. The first-order chi connectivity index (χ1) is 8.02. The van der Waals surface area contributed by atoms with Crippen LogP contribution in [0.15, 0.2) is 18.5 Å². The highest BCUT2D eigenvalue weighted by Crippen LogP contribution is 2.16. The van der Waals surface area contributed by atoms with Crippen LogP contribution in [0.5, 0.6) is 0 Å². The van der Waals surface area contributed by atoms with Crippen molar-refractivity contribution in [1.82, 2.24) is 9.88 Å². The van der Waals surface area contributed by atoms with Gasteiger partial charge in [-0.3, -0.25) is 0 Å². The molecule has 1 atom stereocenters. The van der Waals surface area contributed by atoms with Gasteiger partial charge in [-0.2, -0.15) is 0 Å². The summed E-state index contributed by atoms with van der Waals surface area (Å²) in [6.45, 7) is 4.35. The molecule has 0 spiro atoms. The van der Waals surface area contributed by atoms with Gasteiger partial charge in [0.1, 0.15) is 0 Å². The molecule has 17 heavy (non-hydrogen) atoms. The predicted octanol–water partition coefficient (Wildman–Crippen LogP) is 1.59. The van der Waals surface area contributed by atoms with E-state index in [-0.39, 0.29) is 11.5 Å². The summed E-state index contributed by atoms with van der Waals surface area (Å²) in [6, 6.07) is 2.39. The van der Waals surface area contributed by atoms with E-state index in [1.54, 1.807) is 6.92 Å². The fourth-order valence-corrected chi connectivity index (χ4v) is 2.58. The molecule has 5 heteroatoms. The summed E-state index contributed by atoms with van der Waals surface area (Å²) < 4.78 is 24.7. The average molecular weight is 258 g/mol. The van der Waals surface area contributed by atoms with Crippen LogP contribution in [0.4, 0.5) is 0 Å². The van der Waals surface area contributed by atoms with Crippen molar-refractivity contribution in [3.63, 3.8) is 0 Å². The standard InChI is InChI=1S/C12H22N2O2S/c1-4-12(13-3)11-6-7-14(10-11)8-9-17(15,16)5-2/h6-7,10,12-13H,4-5,8-9H2,1-3H3. The van der Waals surface area contributed by atoms with E-state index in [2.05, 4.69) is 12.2 Å². The number of sulfone groups is 1. The van der Waals surface area contributed by atoms with Crippen molar-refractivity contribution in [3.05, 3.63) is 24.0 Å². The van der Waals surface area contributed by atoms with Crippen molar-refractivity contribution in [2.24, 2.45) is 0 Å². The molecule has 1 unspecified atom stereocenters. The quantitative estimate of drug-likeness (QED) is 0.808. The van der Waals surface area contributed by atoms with Gasteiger partial charge in [0.25, 0.3) is 0 Å². The Morgan fingerprint density at radius 1 is 1.41 bits per heavy atom. The Balaban J connectivity index is 2.63. The van der Waals surface area contributed by atoms with Crippen LogP contribution in [-0.2, 0) is 16.4 Å². The lowest BCUT2D eigenvalue weighted by Crippen LogP contribution is -2.15. The molecule has 0 aliphatic carbocycles. The van der Waals surface area contributed by atoms with Crippen LogP contribution in [0.2, 0.25) is 0 Å². The summed E-state index contributed by atoms with van der Waals surface area (Å²) in [5.41, 5.74) is 1.21. The molecule has 0 saturated heterocycles. The lowest BCUT2D eigenvalue weighted by molar-refractivity contribution is 0.573. The number of hydrogen-bond acceptors (Lipinski definition) is 3. The first-order valence-electron chi connectivity index (χ1n) is 6.05. The second-order valence-corrected chi connectivity index (χ2v) is 6.64. The third kappa shape index (κ3) is 4.16. The number of hydrogen-bond donors (Lipinski definition) is 1. The number of nitrogens with zero attached hydrogens (tertiary/aromatic N) is 1. The zero-order valence-electron chi connectivity index (χ0n) is 10.8. The normalized spacial score (nSPS) is 13.8. The van der Waals surface area contributed by atoms with Crippen LogP contribution >= 0.6 is 0 Å². The van der Waals surface area contributed by atoms with E-state index < -0.39 is 9.84 Å². The summed E-state index contributed by atoms with van der Waals surface area (Å²) in [7, 11) is -0.939. The van der Waals surface area contributed by atoms with Crippen LogP contribution in [0.1, 0.15) is 31.9 Å². The Morgan fingerprint density at radius 2 is 2.12 bits per heavy atom. The van der Waals surface area contributed by atoms with Gasteiger partial charge in [0.05, 0.1) is 5.75 Å². The molecule has 98 valence electrons. The van der Waals surface area contributed by atoms with Crippen LogP contribution in [0, 0.1) is 0 Å². The number of nitrogens with one attached hydrogen (secondary N) is 1. The first kappa shape index (κ1) is 14.3. The molecule has 0 bridgehead atoms. The topological polar surface area (TPSA) is 51.1 Å². The molecule has 1 aromatic heterocycles. The Hall–Kier alpha value is -0.810. The fourth-order valence-electron chi connectivity index (χ4n) is 1.80. The van der Waals surface area contributed by atoms with Crippen molar-refractivity contribution < 1.29 is 8.42 Å². The first-order valence-corrected chi connectivity index (χ1v) is 7.88. The van der Waals surface area contributed by atoms with Gasteiger partial charge < -0.3 is 9.88 Å². The summed E-state index contributed by atoms with van der Waals surface area (Å²) in [4.78, 5) is 0. The van der Waals surface area contributed by atoms with Crippen molar-refractivity contribution in [3.8, 4) is 0 Å². The molecule has 0 aliphatic heterocycles. The Labute approximate surface area is 104 Å². The van der Waals surface area contributed by atoms with Gasteiger partial charge in [0.2, 0.25) is 0 Å². The summed E-state index contributed by atoms with van der Waals surface area (Å²) >= 11 is 0. The van der Waals surface area contributed by atoms with Crippen LogP contribution in [0.3, 0.4) is 0 Å². The SMILES string of the molecule is CCC(NC)c1ccn(CCS(=O)(=O)CC)c1. The second kappa shape index (κ2) is 6.21. The third-order valence-corrected chi connectivity index (χ3v) is 4.72. The molecular formula is C12H22N2O2S. The second-order valence-electron chi connectivity index (χ2n) is 4.17. The maximum Gasteiger partial charge on any atom is 0.151 e. The molecule has 1 aromatic rings. The van der Waals surface area contributed by atoms with E-state index in [9.17, 15) is 8.42 Å². The van der Waals surface area contributed by atoms with Crippen molar-refractivity contribution >= 4 is 9.84 Å². The summed E-state index contributed by atoms with van der Waals surface area (Å²) in [5, 5.41) is 3.23. The summed E-state index contributed by atoms with van der Waals surface area (Å²) in [6.07, 6.45) is 4.99. The van der Waals surface area contributed by atoms with E-state index in [0.717, 1.165) is 6.42 Å². The van der Waals surface area contributed by atoms with E-state index in [4.69, 9.17) is 0 Å². The van der Waals surface area contributed by atoms with Crippen LogP contribution < -0.4 is 5.32 Å². The predicted molar refractivity (Wildman–Crippen MR) is 70.9 cm³/mol. The smallest absolute Gasteiger partial charge is 0.151 e.